The third kappa shape index (κ3) is 5.33. The molecule has 5 aromatic rings. The molecule has 8 heteroatoms. The molecule has 1 aliphatic heterocycles. The van der Waals surface area contributed by atoms with Gasteiger partial charge >= 0.3 is 0 Å². The average Bonchev–Trinajstić information content (AvgIpc) is 3.49. The van der Waals surface area contributed by atoms with E-state index in [0.717, 1.165) is 50.2 Å². The van der Waals surface area contributed by atoms with Gasteiger partial charge < -0.3 is 24.3 Å². The maximum atomic E-state index is 6.08. The van der Waals surface area contributed by atoms with Crippen molar-refractivity contribution in [1.82, 2.24) is 14.9 Å². The van der Waals surface area contributed by atoms with Crippen LogP contribution in [0.25, 0.3) is 5.69 Å². The highest BCUT2D eigenvalue weighted by molar-refractivity contribution is 9.10. The number of methoxy groups -OCH3 is 1. The van der Waals surface area contributed by atoms with Crippen LogP contribution in [0.2, 0.25) is 0 Å². The van der Waals surface area contributed by atoms with E-state index >= 15 is 0 Å². The van der Waals surface area contributed by atoms with Gasteiger partial charge in [0.15, 0.2) is 5.11 Å². The average molecular weight is 626 g/mol. The maximum absolute atomic E-state index is 6.08. The fraction of sp³-hybridized carbons (Fsp3) is 0.152. The zero-order valence-electron chi connectivity index (χ0n) is 22.9. The Morgan fingerprint density at radius 3 is 2.20 bits per heavy atom. The van der Waals surface area contributed by atoms with Crippen molar-refractivity contribution < 1.29 is 9.47 Å². The molecular weight excluding hydrogens is 596 g/mol. The van der Waals surface area contributed by atoms with Crippen LogP contribution >= 0.6 is 28.1 Å². The van der Waals surface area contributed by atoms with E-state index in [0.29, 0.717) is 5.11 Å². The molecule has 1 fully saturated rings. The van der Waals surface area contributed by atoms with E-state index in [4.69, 9.17) is 26.7 Å². The third-order valence-electron chi connectivity index (χ3n) is 7.36. The zero-order chi connectivity index (χ0) is 28.5. The number of rotatable bonds is 7. The maximum Gasteiger partial charge on any atom is 0.174 e. The molecular formula is C33H29BrN4O2S. The van der Waals surface area contributed by atoms with Crippen molar-refractivity contribution in [2.24, 2.45) is 0 Å². The molecule has 0 radical (unpaired) electrons. The van der Waals surface area contributed by atoms with Crippen molar-refractivity contribution >= 4 is 38.9 Å². The first-order valence-corrected chi connectivity index (χ1v) is 14.5. The molecule has 3 heterocycles. The normalized spacial score (nSPS) is 16.5. The molecule has 0 amide bonds. The summed E-state index contributed by atoms with van der Waals surface area (Å²) in [7, 11) is 1.65. The van der Waals surface area contributed by atoms with Gasteiger partial charge in [-0.05, 0) is 117 Å². The molecule has 2 atom stereocenters. The summed E-state index contributed by atoms with van der Waals surface area (Å²) in [5.41, 5.74) is 6.51. The molecule has 1 N–H and O–H groups in total. The number of hydrogen-bond donors (Lipinski definition) is 1. The number of ether oxygens (including phenoxy) is 2. The van der Waals surface area contributed by atoms with Gasteiger partial charge in [-0.3, -0.25) is 4.98 Å². The first kappa shape index (κ1) is 27.1. The van der Waals surface area contributed by atoms with Crippen LogP contribution in [-0.2, 0) is 0 Å². The topological polar surface area (TPSA) is 51.6 Å². The highest BCUT2D eigenvalue weighted by atomic mass is 79.9. The molecule has 2 aromatic heterocycles. The Balaban J connectivity index is 1.39. The van der Waals surface area contributed by atoms with Gasteiger partial charge in [-0.1, -0.05) is 28.1 Å². The van der Waals surface area contributed by atoms with E-state index in [1.54, 1.807) is 7.11 Å². The predicted octanol–water partition coefficient (Wildman–Crippen LogP) is 8.23. The molecule has 41 heavy (non-hydrogen) atoms. The van der Waals surface area contributed by atoms with Gasteiger partial charge in [0, 0.05) is 33.4 Å². The fourth-order valence-electron chi connectivity index (χ4n) is 5.50. The smallest absolute Gasteiger partial charge is 0.174 e. The number of thiocarbonyl (C=S) groups is 1. The second kappa shape index (κ2) is 11.4. The molecule has 206 valence electrons. The quantitative estimate of drug-likeness (QED) is 0.184. The van der Waals surface area contributed by atoms with Gasteiger partial charge in [0.05, 0.1) is 24.9 Å². The number of hydrogen-bond acceptors (Lipinski definition) is 4. The molecule has 0 unspecified atom stereocenters. The van der Waals surface area contributed by atoms with Crippen molar-refractivity contribution in [1.29, 1.82) is 0 Å². The van der Waals surface area contributed by atoms with E-state index in [1.807, 2.05) is 72.9 Å². The van der Waals surface area contributed by atoms with E-state index in [1.165, 1.54) is 5.56 Å². The first-order valence-electron chi connectivity index (χ1n) is 13.3. The van der Waals surface area contributed by atoms with Crippen LogP contribution in [0.4, 0.5) is 5.69 Å². The molecule has 0 aliphatic carbocycles. The lowest BCUT2D eigenvalue weighted by atomic mass is 9.96. The Kier molecular flexibility index (Phi) is 7.51. The van der Waals surface area contributed by atoms with E-state index < -0.39 is 0 Å². The minimum Gasteiger partial charge on any atom is -0.497 e. The Morgan fingerprint density at radius 1 is 0.829 bits per heavy atom. The number of benzene rings is 3. The van der Waals surface area contributed by atoms with Crippen LogP contribution < -0.4 is 19.7 Å². The molecule has 0 spiro atoms. The zero-order valence-corrected chi connectivity index (χ0v) is 25.3. The number of anilines is 1. The second-order valence-electron chi connectivity index (χ2n) is 9.91. The monoisotopic (exact) mass is 624 g/mol. The lowest BCUT2D eigenvalue weighted by Crippen LogP contribution is -2.29. The van der Waals surface area contributed by atoms with Gasteiger partial charge in [0.1, 0.15) is 17.2 Å². The Labute approximate surface area is 253 Å². The molecule has 0 saturated carbocycles. The van der Waals surface area contributed by atoms with Crippen molar-refractivity contribution in [3.8, 4) is 22.9 Å². The van der Waals surface area contributed by atoms with Crippen molar-refractivity contribution in [2.45, 2.75) is 25.9 Å². The summed E-state index contributed by atoms with van der Waals surface area (Å²) in [6.07, 6.45) is 1.83. The van der Waals surface area contributed by atoms with Crippen LogP contribution in [0.15, 0.2) is 108 Å². The summed E-state index contributed by atoms with van der Waals surface area (Å²) in [6, 6.07) is 32.0. The third-order valence-corrected chi connectivity index (χ3v) is 8.17. The molecule has 0 bridgehead atoms. The van der Waals surface area contributed by atoms with Crippen molar-refractivity contribution in [3.05, 3.63) is 130 Å². The summed E-state index contributed by atoms with van der Waals surface area (Å²) >= 11 is 9.59. The van der Waals surface area contributed by atoms with E-state index in [9.17, 15) is 0 Å². The number of aromatic nitrogens is 2. The van der Waals surface area contributed by atoms with E-state index in [2.05, 4.69) is 74.9 Å². The summed E-state index contributed by atoms with van der Waals surface area (Å²) < 4.78 is 14.7. The van der Waals surface area contributed by atoms with E-state index in [-0.39, 0.29) is 12.1 Å². The largest absolute Gasteiger partial charge is 0.497 e. The van der Waals surface area contributed by atoms with Gasteiger partial charge in [-0.15, -0.1) is 0 Å². The summed E-state index contributed by atoms with van der Waals surface area (Å²) in [5.74, 6) is 2.27. The SMILES string of the molecule is COc1ccc(Oc2ccc(N3C(=S)N[C@@H](c4ccccn4)[C@H]3c3cc(C)n(-c4cccc(Br)c4)c3C)cc2)cc1. The Morgan fingerprint density at radius 2 is 1.54 bits per heavy atom. The lowest BCUT2D eigenvalue weighted by Gasteiger charge is -2.28. The predicted molar refractivity (Wildman–Crippen MR) is 170 cm³/mol. The number of nitrogens with zero attached hydrogens (tertiary/aromatic N) is 3. The lowest BCUT2D eigenvalue weighted by molar-refractivity contribution is 0.413. The first-order chi connectivity index (χ1) is 19.9. The summed E-state index contributed by atoms with van der Waals surface area (Å²) in [5, 5.41) is 4.23. The van der Waals surface area contributed by atoms with Crippen LogP contribution in [0.3, 0.4) is 0 Å². The van der Waals surface area contributed by atoms with Crippen molar-refractivity contribution in [3.63, 3.8) is 0 Å². The molecule has 3 aromatic carbocycles. The van der Waals surface area contributed by atoms with Gasteiger partial charge in [0.2, 0.25) is 0 Å². The Bertz CT molecular complexity index is 1690. The number of halogens is 1. The van der Waals surface area contributed by atoms with Crippen LogP contribution in [0, 0.1) is 13.8 Å². The van der Waals surface area contributed by atoms with Gasteiger partial charge in [-0.2, -0.15) is 0 Å². The van der Waals surface area contributed by atoms with Crippen LogP contribution in [0.1, 0.15) is 34.7 Å². The fourth-order valence-corrected chi connectivity index (χ4v) is 6.24. The molecule has 1 saturated heterocycles. The van der Waals surface area contributed by atoms with Gasteiger partial charge in [0.25, 0.3) is 0 Å². The molecule has 6 rings (SSSR count). The Hall–Kier alpha value is -4.14. The molecule has 1 aliphatic rings. The molecule has 6 nitrogen and oxygen atoms in total. The highest BCUT2D eigenvalue weighted by Crippen LogP contribution is 2.44. The minimum absolute atomic E-state index is 0.113. The summed E-state index contributed by atoms with van der Waals surface area (Å²) in [4.78, 5) is 6.90. The summed E-state index contributed by atoms with van der Waals surface area (Å²) in [6.45, 7) is 4.31. The van der Waals surface area contributed by atoms with Gasteiger partial charge in [-0.25, -0.2) is 0 Å². The second-order valence-corrected chi connectivity index (χ2v) is 11.2. The standard InChI is InChI=1S/C33H29BrN4O2S/c1-21-19-29(22(2)37(21)25-8-6-7-23(34)20-25)32-31(30-9-4-5-18-35-30)36-33(41)38(32)24-10-12-27(13-11-24)40-28-16-14-26(39-3)15-17-28/h4-20,31-32H,1-3H3,(H,36,41)/t31-,32+/m0/s1. The van der Waals surface area contributed by atoms with Crippen LogP contribution in [-0.4, -0.2) is 21.8 Å². The highest BCUT2D eigenvalue weighted by Gasteiger charge is 2.42. The number of aryl methyl sites for hydroxylation is 1. The number of nitrogens with one attached hydrogen (secondary N) is 1. The van der Waals surface area contributed by atoms with Crippen LogP contribution in [0.5, 0.6) is 17.2 Å². The minimum atomic E-state index is -0.129. The van der Waals surface area contributed by atoms with Crippen molar-refractivity contribution in [2.75, 3.05) is 12.0 Å². The number of pyridine rings is 1.